The van der Waals surface area contributed by atoms with E-state index in [4.69, 9.17) is 11.3 Å². The van der Waals surface area contributed by atoms with Crippen molar-refractivity contribution in [3.8, 4) is 28.3 Å². The summed E-state index contributed by atoms with van der Waals surface area (Å²) in [5, 5.41) is 10.1. The summed E-state index contributed by atoms with van der Waals surface area (Å²) >= 11 is 1.53. The average Bonchev–Trinajstić information content (AvgIpc) is 3.05. The summed E-state index contributed by atoms with van der Waals surface area (Å²) in [6, 6.07) is 17.2. The molecule has 0 unspecified atom stereocenters. The molecule has 1 heterocycles. The van der Waals surface area contributed by atoms with Gasteiger partial charge in [-0.25, -0.2) is 9.64 Å². The molecule has 0 amide bonds. The highest BCUT2D eigenvalue weighted by Gasteiger charge is 2.27. The van der Waals surface area contributed by atoms with E-state index < -0.39 is 5.97 Å². The number of aromatic nitrogens is 1. The maximum atomic E-state index is 12.7. The van der Waals surface area contributed by atoms with Crippen LogP contribution in [0.2, 0.25) is 0 Å². The Labute approximate surface area is 180 Å². The number of benzene rings is 2. The fourth-order valence-corrected chi connectivity index (χ4v) is 4.26. The Morgan fingerprint density at radius 3 is 2.43 bits per heavy atom. The van der Waals surface area contributed by atoms with E-state index in [0.717, 1.165) is 27.5 Å². The summed E-state index contributed by atoms with van der Waals surface area (Å²) in [7, 11) is 1.79. The third-order valence-corrected chi connectivity index (χ3v) is 5.74. The molecule has 150 valence electrons. The van der Waals surface area contributed by atoms with Gasteiger partial charge in [-0.2, -0.15) is 5.26 Å². The molecule has 6 heteroatoms. The third-order valence-electron chi connectivity index (χ3n) is 4.71. The third kappa shape index (κ3) is 3.83. The second-order valence-electron chi connectivity index (χ2n) is 6.44. The van der Waals surface area contributed by atoms with E-state index in [2.05, 4.69) is 10.9 Å². The molecule has 0 spiro atoms. The molecule has 0 radical (unpaired) electrons. The molecule has 0 aliphatic carbocycles. The van der Waals surface area contributed by atoms with Crippen LogP contribution in [0, 0.1) is 17.9 Å². The van der Waals surface area contributed by atoms with Crippen LogP contribution in [0.4, 0.5) is 5.69 Å². The van der Waals surface area contributed by atoms with Gasteiger partial charge in [0.25, 0.3) is 0 Å². The normalized spacial score (nSPS) is 10.3. The van der Waals surface area contributed by atoms with Crippen LogP contribution < -0.4 is 0 Å². The Kier molecular flexibility index (Phi) is 6.61. The van der Waals surface area contributed by atoms with Crippen LogP contribution in [0.3, 0.4) is 0 Å². The highest BCUT2D eigenvalue weighted by Crippen LogP contribution is 2.44. The van der Waals surface area contributed by atoms with E-state index in [9.17, 15) is 10.1 Å². The fraction of sp³-hybridized carbons (Fsp3) is 0.208. The number of carbonyl (C=O) groups is 1. The molecule has 1 aromatic heterocycles. The number of nitriles is 1. The summed E-state index contributed by atoms with van der Waals surface area (Å²) in [5.41, 5.74) is 4.53. The molecular formula is C24H21N3O2S. The van der Waals surface area contributed by atoms with Crippen LogP contribution in [0.5, 0.6) is 0 Å². The average molecular weight is 416 g/mol. The zero-order chi connectivity index (χ0) is 21.7. The largest absolute Gasteiger partial charge is 0.461 e. The topological polar surface area (TPSA) is 59.4 Å². The molecule has 0 saturated carbocycles. The minimum absolute atomic E-state index is 0.261. The molecule has 5 nitrogen and oxygen atoms in total. The van der Waals surface area contributed by atoms with E-state index in [1.807, 2.05) is 49.4 Å². The summed E-state index contributed by atoms with van der Waals surface area (Å²) in [4.78, 5) is 16.5. The minimum Gasteiger partial charge on any atom is -0.461 e. The molecule has 0 N–H and O–H groups in total. The second kappa shape index (κ2) is 9.35. The van der Waals surface area contributed by atoms with Crippen LogP contribution in [-0.4, -0.2) is 22.9 Å². The molecule has 3 aromatic rings. The quantitative estimate of drug-likeness (QED) is 0.278. The van der Waals surface area contributed by atoms with Crippen molar-refractivity contribution in [2.45, 2.75) is 18.9 Å². The van der Waals surface area contributed by atoms with Gasteiger partial charge >= 0.3 is 5.97 Å². The van der Waals surface area contributed by atoms with Crippen molar-refractivity contribution < 1.29 is 9.53 Å². The number of nitrogens with zero attached hydrogens (tertiary/aromatic N) is 3. The van der Waals surface area contributed by atoms with Gasteiger partial charge in [-0.05, 0) is 35.4 Å². The van der Waals surface area contributed by atoms with Gasteiger partial charge in [-0.3, -0.25) is 0 Å². The predicted octanol–water partition coefficient (Wildman–Crippen LogP) is 6.07. The van der Waals surface area contributed by atoms with Crippen LogP contribution in [0.1, 0.15) is 29.9 Å². The Morgan fingerprint density at radius 1 is 1.17 bits per heavy atom. The maximum absolute atomic E-state index is 12.7. The fourth-order valence-electron chi connectivity index (χ4n) is 3.41. The first kappa shape index (κ1) is 21.2. The van der Waals surface area contributed by atoms with Gasteiger partial charge in [0.1, 0.15) is 5.69 Å². The molecule has 0 aliphatic heterocycles. The lowest BCUT2D eigenvalue weighted by atomic mass is 9.97. The molecule has 2 aromatic carbocycles. The highest BCUT2D eigenvalue weighted by molar-refractivity contribution is 7.99. The van der Waals surface area contributed by atoms with E-state index in [0.29, 0.717) is 22.5 Å². The van der Waals surface area contributed by atoms with Gasteiger partial charge in [0.05, 0.1) is 29.8 Å². The molecule has 0 aliphatic rings. The van der Waals surface area contributed by atoms with Crippen LogP contribution >= 0.6 is 11.8 Å². The van der Waals surface area contributed by atoms with E-state index in [-0.39, 0.29) is 6.61 Å². The van der Waals surface area contributed by atoms with Gasteiger partial charge in [-0.15, -0.1) is 11.8 Å². The number of esters is 1. The Bertz CT molecular complexity index is 1160. The molecule has 0 atom stereocenters. The lowest BCUT2D eigenvalue weighted by Crippen LogP contribution is -2.11. The minimum atomic E-state index is -0.443. The number of hydrogen-bond donors (Lipinski definition) is 0. The second-order valence-corrected chi connectivity index (χ2v) is 7.69. The Balaban J connectivity index is 2.17. The van der Waals surface area contributed by atoms with Crippen molar-refractivity contribution in [2.75, 3.05) is 12.4 Å². The van der Waals surface area contributed by atoms with E-state index in [1.165, 1.54) is 11.8 Å². The monoisotopic (exact) mass is 415 g/mol. The smallest absolute Gasteiger partial charge is 0.354 e. The zero-order valence-electron chi connectivity index (χ0n) is 17.1. The maximum Gasteiger partial charge on any atom is 0.354 e. The zero-order valence-corrected chi connectivity index (χ0v) is 17.9. The van der Waals surface area contributed by atoms with Crippen molar-refractivity contribution in [3.05, 3.63) is 71.2 Å². The molecular weight excluding hydrogens is 394 g/mol. The van der Waals surface area contributed by atoms with E-state index >= 15 is 0 Å². The predicted molar refractivity (Wildman–Crippen MR) is 120 cm³/mol. The van der Waals surface area contributed by atoms with Crippen molar-refractivity contribution in [3.63, 3.8) is 0 Å². The number of thioether (sulfide) groups is 1. The molecule has 30 heavy (non-hydrogen) atoms. The van der Waals surface area contributed by atoms with Crippen LogP contribution in [0.15, 0.2) is 53.6 Å². The molecule has 3 rings (SSSR count). The van der Waals surface area contributed by atoms with Gasteiger partial charge in [-0.1, -0.05) is 49.4 Å². The van der Waals surface area contributed by atoms with Gasteiger partial charge in [0.15, 0.2) is 0 Å². The highest BCUT2D eigenvalue weighted by atomic mass is 32.2. The van der Waals surface area contributed by atoms with Crippen molar-refractivity contribution in [1.82, 2.24) is 4.57 Å². The van der Waals surface area contributed by atoms with Crippen molar-refractivity contribution >= 4 is 23.4 Å². The van der Waals surface area contributed by atoms with Crippen LogP contribution in [0.25, 0.3) is 27.1 Å². The van der Waals surface area contributed by atoms with Crippen LogP contribution in [-0.2, 0) is 11.8 Å². The van der Waals surface area contributed by atoms with Gasteiger partial charge in [0, 0.05) is 12.6 Å². The molecule has 0 saturated heterocycles. The van der Waals surface area contributed by atoms with Gasteiger partial charge in [0.2, 0.25) is 5.69 Å². The molecule has 0 fully saturated rings. The summed E-state index contributed by atoms with van der Waals surface area (Å²) in [5.74, 6) is 0.341. The first-order chi connectivity index (χ1) is 14.6. The lowest BCUT2D eigenvalue weighted by molar-refractivity contribution is 0.0515. The van der Waals surface area contributed by atoms with Gasteiger partial charge < -0.3 is 9.30 Å². The van der Waals surface area contributed by atoms with Crippen molar-refractivity contribution in [1.29, 1.82) is 5.26 Å². The number of rotatable bonds is 6. The Morgan fingerprint density at radius 2 is 1.83 bits per heavy atom. The number of hydrogen-bond acceptors (Lipinski definition) is 4. The SMILES string of the molecule is [C-]#[N+]c1c(-c2ccc(-c3ccccc3C#N)cc2)c(C(=O)OCC)n(C)c1SCC. The lowest BCUT2D eigenvalue weighted by Gasteiger charge is -2.10. The first-order valence-corrected chi connectivity index (χ1v) is 10.6. The summed E-state index contributed by atoms with van der Waals surface area (Å²) in [6.45, 7) is 11.8. The number of carbonyl (C=O) groups excluding carboxylic acids is 1. The first-order valence-electron chi connectivity index (χ1n) is 9.57. The van der Waals surface area contributed by atoms with E-state index in [1.54, 1.807) is 24.6 Å². The van der Waals surface area contributed by atoms with Crippen molar-refractivity contribution in [2.24, 2.45) is 7.05 Å². The summed E-state index contributed by atoms with van der Waals surface area (Å²) in [6.07, 6.45) is 0. The summed E-state index contributed by atoms with van der Waals surface area (Å²) < 4.78 is 7.03. The Hall–Kier alpha value is -3.48. The number of ether oxygens (including phenoxy) is 1. The molecule has 0 bridgehead atoms. The standard InChI is InChI=1S/C24H21N3O2S/c1-5-29-24(28)22-20(21(26-3)23(27(22)4)30-6-2)17-13-11-16(12-14-17)19-10-8-7-9-18(19)15-25/h7-14H,5-6H2,1-2,4H3.